The molecule has 0 radical (unpaired) electrons. The number of nitrogens with two attached hydrogens (primary N) is 1. The second kappa shape index (κ2) is 7.43. The minimum atomic E-state index is 0. The van der Waals surface area contributed by atoms with E-state index in [1.165, 1.54) is 25.7 Å². The normalized spacial score (nSPS) is 18.3. The molecule has 122 valence electrons. The molecule has 0 unspecified atom stereocenters. The fourth-order valence-corrected chi connectivity index (χ4v) is 2.68. The molecule has 2 aliphatic rings. The summed E-state index contributed by atoms with van der Waals surface area (Å²) in [5, 5.41) is 0. The van der Waals surface area contributed by atoms with Crippen molar-refractivity contribution in [3.8, 4) is 0 Å². The minimum absolute atomic E-state index is 0. The summed E-state index contributed by atoms with van der Waals surface area (Å²) in [6.07, 6.45) is 4.89. The van der Waals surface area contributed by atoms with Gasteiger partial charge < -0.3 is 15.5 Å². The van der Waals surface area contributed by atoms with Gasteiger partial charge in [-0.05, 0) is 38.7 Å². The van der Waals surface area contributed by atoms with Crippen LogP contribution in [0.2, 0.25) is 0 Å². The van der Waals surface area contributed by atoms with E-state index in [0.717, 1.165) is 30.4 Å². The van der Waals surface area contributed by atoms with Crippen molar-refractivity contribution >= 4 is 35.9 Å². The lowest BCUT2D eigenvalue weighted by Crippen LogP contribution is -2.35. The van der Waals surface area contributed by atoms with Crippen LogP contribution in [0, 0.1) is 6.92 Å². The van der Waals surface area contributed by atoms with Gasteiger partial charge in [0.25, 0.3) is 0 Å². The van der Waals surface area contributed by atoms with Crippen LogP contribution in [0.4, 0.5) is 5.95 Å². The van der Waals surface area contributed by atoms with Gasteiger partial charge in [-0.2, -0.15) is 0 Å². The van der Waals surface area contributed by atoms with E-state index in [2.05, 4.69) is 24.8 Å². The third-order valence-corrected chi connectivity index (χ3v) is 4.14. The predicted molar refractivity (Wildman–Crippen MR) is 99.7 cm³/mol. The zero-order valence-electron chi connectivity index (χ0n) is 13.3. The van der Waals surface area contributed by atoms with Crippen LogP contribution in [0.25, 0.3) is 0 Å². The van der Waals surface area contributed by atoms with Crippen LogP contribution in [0.3, 0.4) is 0 Å². The number of hydrogen-bond acceptors (Lipinski definition) is 4. The molecule has 1 aromatic rings. The summed E-state index contributed by atoms with van der Waals surface area (Å²) in [6.45, 7) is 4.64. The van der Waals surface area contributed by atoms with E-state index in [1.807, 2.05) is 20.0 Å². The molecule has 0 spiro atoms. The number of halogens is 1. The molecule has 22 heavy (non-hydrogen) atoms. The second-order valence-electron chi connectivity index (χ2n) is 6.01. The zero-order valence-corrected chi connectivity index (χ0v) is 15.7. The first-order chi connectivity index (χ1) is 10.1. The summed E-state index contributed by atoms with van der Waals surface area (Å²) < 4.78 is 0. The zero-order chi connectivity index (χ0) is 14.8. The van der Waals surface area contributed by atoms with Crippen molar-refractivity contribution in [3.05, 3.63) is 17.5 Å². The van der Waals surface area contributed by atoms with E-state index < -0.39 is 0 Å². The highest BCUT2D eigenvalue weighted by Crippen LogP contribution is 2.25. The van der Waals surface area contributed by atoms with E-state index >= 15 is 0 Å². The van der Waals surface area contributed by atoms with Gasteiger partial charge in [-0.3, -0.25) is 0 Å². The molecule has 0 amide bonds. The van der Waals surface area contributed by atoms with E-state index in [9.17, 15) is 0 Å². The van der Waals surface area contributed by atoms with Crippen molar-refractivity contribution in [2.24, 2.45) is 10.7 Å². The molecular weight excluding hydrogens is 391 g/mol. The highest BCUT2D eigenvalue weighted by atomic mass is 127. The lowest BCUT2D eigenvalue weighted by molar-refractivity contribution is 0.487. The Balaban J connectivity index is 0.00000176. The minimum Gasteiger partial charge on any atom is -0.370 e. The molecule has 0 atom stereocenters. The van der Waals surface area contributed by atoms with Crippen molar-refractivity contribution in [1.29, 1.82) is 0 Å². The van der Waals surface area contributed by atoms with Crippen molar-refractivity contribution < 1.29 is 0 Å². The highest BCUT2D eigenvalue weighted by molar-refractivity contribution is 14.0. The topological polar surface area (TPSA) is 70.6 Å². The number of nitrogens with zero attached hydrogens (tertiary/aromatic N) is 5. The molecule has 0 aromatic carbocycles. The summed E-state index contributed by atoms with van der Waals surface area (Å²) >= 11 is 0. The van der Waals surface area contributed by atoms with E-state index in [0.29, 0.717) is 18.5 Å². The molecule has 2 fully saturated rings. The first-order valence-corrected chi connectivity index (χ1v) is 7.76. The lowest BCUT2D eigenvalue weighted by Gasteiger charge is -2.18. The molecule has 1 aromatic heterocycles. The van der Waals surface area contributed by atoms with E-state index in [1.54, 1.807) is 0 Å². The summed E-state index contributed by atoms with van der Waals surface area (Å²) in [5.74, 6) is 1.45. The summed E-state index contributed by atoms with van der Waals surface area (Å²) in [7, 11) is 2.01. The smallest absolute Gasteiger partial charge is 0.225 e. The molecule has 1 saturated heterocycles. The SMILES string of the molecule is Cc1cc(CN=C(N)N(C)C2CC2)nc(N2CCCC2)n1.I. The monoisotopic (exact) mass is 416 g/mol. The predicted octanol–water partition coefficient (Wildman–Crippen LogP) is 1.91. The molecule has 1 saturated carbocycles. The Hall–Kier alpha value is -1.12. The van der Waals surface area contributed by atoms with Crippen LogP contribution in [0.5, 0.6) is 0 Å². The van der Waals surface area contributed by atoms with Gasteiger partial charge >= 0.3 is 0 Å². The van der Waals surface area contributed by atoms with Crippen LogP contribution in [0.1, 0.15) is 37.1 Å². The first kappa shape index (κ1) is 17.2. The molecule has 0 bridgehead atoms. The van der Waals surface area contributed by atoms with Gasteiger partial charge in [-0.25, -0.2) is 15.0 Å². The third kappa shape index (κ3) is 4.21. The average molecular weight is 416 g/mol. The Bertz CT molecular complexity index is 537. The molecule has 1 aliphatic heterocycles. The Kier molecular flexibility index (Phi) is 5.82. The van der Waals surface area contributed by atoms with E-state index in [4.69, 9.17) is 5.73 Å². The molecule has 1 aliphatic carbocycles. The fourth-order valence-electron chi connectivity index (χ4n) is 2.68. The van der Waals surface area contributed by atoms with Crippen LogP contribution >= 0.6 is 24.0 Å². The Morgan fingerprint density at radius 1 is 1.36 bits per heavy atom. The number of hydrogen-bond donors (Lipinski definition) is 1. The maximum Gasteiger partial charge on any atom is 0.225 e. The Morgan fingerprint density at radius 2 is 2.05 bits per heavy atom. The van der Waals surface area contributed by atoms with E-state index in [-0.39, 0.29) is 24.0 Å². The van der Waals surface area contributed by atoms with Crippen molar-refractivity contribution in [2.45, 2.75) is 45.2 Å². The summed E-state index contributed by atoms with van der Waals surface area (Å²) in [5.41, 5.74) is 7.96. The molecule has 6 nitrogen and oxygen atoms in total. The largest absolute Gasteiger partial charge is 0.370 e. The lowest BCUT2D eigenvalue weighted by atomic mass is 10.3. The van der Waals surface area contributed by atoms with Gasteiger partial charge in [0.2, 0.25) is 5.95 Å². The van der Waals surface area contributed by atoms with Gasteiger partial charge in [0, 0.05) is 31.9 Å². The molecule has 7 heteroatoms. The number of aryl methyl sites for hydroxylation is 1. The number of aliphatic imine (C=N–C) groups is 1. The maximum absolute atomic E-state index is 6.03. The van der Waals surface area contributed by atoms with Gasteiger partial charge in [0.05, 0.1) is 12.2 Å². The molecular formula is C15H25IN6. The summed E-state index contributed by atoms with van der Waals surface area (Å²) in [4.78, 5) is 18.0. The Labute approximate surface area is 149 Å². The van der Waals surface area contributed by atoms with Crippen LogP contribution in [0.15, 0.2) is 11.1 Å². The third-order valence-electron chi connectivity index (χ3n) is 4.14. The average Bonchev–Trinajstić information content (AvgIpc) is 3.17. The number of rotatable bonds is 4. The van der Waals surface area contributed by atoms with Gasteiger partial charge in [-0.1, -0.05) is 0 Å². The fraction of sp³-hybridized carbons (Fsp3) is 0.667. The highest BCUT2D eigenvalue weighted by Gasteiger charge is 2.27. The van der Waals surface area contributed by atoms with Crippen LogP contribution in [-0.2, 0) is 6.54 Å². The van der Waals surface area contributed by atoms with Gasteiger partial charge in [0.15, 0.2) is 5.96 Å². The second-order valence-corrected chi connectivity index (χ2v) is 6.01. The van der Waals surface area contributed by atoms with Crippen molar-refractivity contribution in [1.82, 2.24) is 14.9 Å². The van der Waals surface area contributed by atoms with Crippen molar-refractivity contribution in [3.63, 3.8) is 0 Å². The standard InChI is InChI=1S/C15H24N6.HI/c1-11-9-12(10-17-14(16)20(2)13-5-6-13)19-15(18-11)21-7-3-4-8-21;/h9,13H,3-8,10H2,1-2H3,(H2,16,17);1H. The number of anilines is 1. The van der Waals surface area contributed by atoms with Gasteiger partial charge in [0.1, 0.15) is 0 Å². The Morgan fingerprint density at radius 3 is 2.68 bits per heavy atom. The first-order valence-electron chi connectivity index (χ1n) is 7.76. The van der Waals surface area contributed by atoms with Crippen molar-refractivity contribution in [2.75, 3.05) is 25.0 Å². The molecule has 2 heterocycles. The van der Waals surface area contributed by atoms with Gasteiger partial charge in [-0.15, -0.1) is 24.0 Å². The quantitative estimate of drug-likeness (QED) is 0.462. The molecule has 3 rings (SSSR count). The summed E-state index contributed by atoms with van der Waals surface area (Å²) in [6, 6.07) is 2.58. The van der Waals surface area contributed by atoms with Crippen LogP contribution < -0.4 is 10.6 Å². The molecule has 2 N–H and O–H groups in total. The number of aromatic nitrogens is 2. The maximum atomic E-state index is 6.03. The van der Waals surface area contributed by atoms with Crippen LogP contribution in [-0.4, -0.2) is 47.0 Å². The number of guanidine groups is 1.